The van der Waals surface area contributed by atoms with Gasteiger partial charge >= 0.3 is 5.97 Å². The second kappa shape index (κ2) is 18.4. The highest BCUT2D eigenvalue weighted by molar-refractivity contribution is 5.94. The average molecular weight is 645 g/mol. The fourth-order valence-electron chi connectivity index (χ4n) is 4.52. The van der Waals surface area contributed by atoms with Gasteiger partial charge < -0.3 is 60.4 Å². The summed E-state index contributed by atoms with van der Waals surface area (Å²) in [5, 5.41) is 18.4. The van der Waals surface area contributed by atoms with Crippen LogP contribution < -0.4 is 50.4 Å². The number of benzene rings is 1. The molecule has 4 unspecified atom stereocenters. The molecule has 0 fully saturated rings. The number of rotatable bonds is 20. The number of nitrogens with one attached hydrogen (secondary N) is 4. The molecule has 0 radical (unpaired) electrons. The third kappa shape index (κ3) is 12.7. The van der Waals surface area contributed by atoms with Crippen LogP contribution >= 0.6 is 0 Å². The minimum atomic E-state index is -1.33. The maximum absolute atomic E-state index is 13.5. The lowest BCUT2D eigenvalue weighted by atomic mass is 10.0. The number of aliphatic imine (C=N–C) groups is 2. The van der Waals surface area contributed by atoms with Crippen LogP contribution in [0.2, 0.25) is 0 Å². The van der Waals surface area contributed by atoms with Crippen LogP contribution in [0.25, 0.3) is 10.9 Å². The fraction of sp³-hybridized carbons (Fsp3) is 0.464. The van der Waals surface area contributed by atoms with E-state index in [4.69, 9.17) is 34.4 Å². The summed E-state index contributed by atoms with van der Waals surface area (Å²) >= 11 is 0. The first-order valence-electron chi connectivity index (χ1n) is 14.6. The largest absolute Gasteiger partial charge is 0.480 e. The molecule has 252 valence electrons. The van der Waals surface area contributed by atoms with Crippen molar-refractivity contribution in [3.8, 4) is 0 Å². The van der Waals surface area contributed by atoms with Gasteiger partial charge in [0.25, 0.3) is 0 Å². The number of carboxylic acids is 1. The van der Waals surface area contributed by atoms with Crippen molar-refractivity contribution in [2.45, 2.75) is 69.1 Å². The van der Waals surface area contributed by atoms with Gasteiger partial charge in [0.15, 0.2) is 11.9 Å². The molecule has 0 saturated carbocycles. The molecule has 1 aromatic heterocycles. The molecule has 0 aliphatic rings. The molecule has 4 amide bonds. The lowest BCUT2D eigenvalue weighted by Crippen LogP contribution is -2.57. The second-order valence-corrected chi connectivity index (χ2v) is 10.6. The SMILES string of the molecule is NC(=O)CCC(N)C(=O)NC(CCCN=C(N)N)C(=O)NC(CCCN=C(N)N)C(=O)NC(Cc1c[nH]c2ccccc12)C(=O)O. The number of carboxylic acid groups (broad SMARTS) is 1. The number of amides is 4. The maximum atomic E-state index is 13.5. The maximum Gasteiger partial charge on any atom is 0.326 e. The van der Waals surface area contributed by atoms with Crippen LogP contribution in [0.3, 0.4) is 0 Å². The minimum Gasteiger partial charge on any atom is -0.480 e. The van der Waals surface area contributed by atoms with Crippen molar-refractivity contribution >= 4 is 52.4 Å². The van der Waals surface area contributed by atoms with Crippen LogP contribution in [0.4, 0.5) is 0 Å². The zero-order valence-electron chi connectivity index (χ0n) is 25.4. The van der Waals surface area contributed by atoms with Gasteiger partial charge in [-0.2, -0.15) is 0 Å². The molecule has 18 nitrogen and oxygen atoms in total. The first-order valence-corrected chi connectivity index (χ1v) is 14.6. The third-order valence-electron chi connectivity index (χ3n) is 6.91. The highest BCUT2D eigenvalue weighted by Gasteiger charge is 2.30. The Morgan fingerprint density at radius 2 is 1.28 bits per heavy atom. The number of guanidine groups is 2. The van der Waals surface area contributed by atoms with E-state index in [1.807, 2.05) is 24.3 Å². The quantitative estimate of drug-likeness (QED) is 0.0390. The average Bonchev–Trinajstić information content (AvgIpc) is 3.40. The number of H-pyrrole nitrogens is 1. The first-order chi connectivity index (χ1) is 21.8. The first kappa shape index (κ1) is 36.8. The summed E-state index contributed by atoms with van der Waals surface area (Å²) in [6.45, 7) is 0.277. The molecule has 0 saturated heterocycles. The van der Waals surface area contributed by atoms with Crippen molar-refractivity contribution in [2.75, 3.05) is 13.1 Å². The van der Waals surface area contributed by atoms with E-state index in [1.165, 1.54) is 0 Å². The molecule has 18 heteroatoms. The molecular formula is C28H44N12O6. The topological polar surface area (TPSA) is 338 Å². The number of nitrogens with two attached hydrogens (primary N) is 6. The van der Waals surface area contributed by atoms with Gasteiger partial charge in [-0.05, 0) is 43.7 Å². The van der Waals surface area contributed by atoms with E-state index in [-0.39, 0.29) is 70.0 Å². The van der Waals surface area contributed by atoms with Crippen LogP contribution in [0, 0.1) is 0 Å². The molecule has 17 N–H and O–H groups in total. The van der Waals surface area contributed by atoms with Gasteiger partial charge in [0, 0.05) is 43.0 Å². The number of fused-ring (bicyclic) bond motifs is 1. The van der Waals surface area contributed by atoms with E-state index < -0.39 is 53.8 Å². The summed E-state index contributed by atoms with van der Waals surface area (Å²) in [6.07, 6.45) is 2.04. The fourth-order valence-corrected chi connectivity index (χ4v) is 4.52. The molecular weight excluding hydrogens is 600 g/mol. The molecule has 0 aliphatic carbocycles. The Balaban J connectivity index is 2.24. The number of aromatic nitrogens is 1. The molecule has 46 heavy (non-hydrogen) atoms. The zero-order valence-corrected chi connectivity index (χ0v) is 25.4. The number of hydrogen-bond acceptors (Lipinski definition) is 8. The summed E-state index contributed by atoms with van der Waals surface area (Å²) in [4.78, 5) is 73.8. The van der Waals surface area contributed by atoms with E-state index in [1.54, 1.807) is 6.20 Å². The zero-order chi connectivity index (χ0) is 34.2. The van der Waals surface area contributed by atoms with Gasteiger partial charge in [-0.25, -0.2) is 4.79 Å². The van der Waals surface area contributed by atoms with E-state index in [0.717, 1.165) is 10.9 Å². The van der Waals surface area contributed by atoms with Crippen molar-refractivity contribution in [2.24, 2.45) is 44.4 Å². The van der Waals surface area contributed by atoms with Gasteiger partial charge in [0.2, 0.25) is 23.6 Å². The highest BCUT2D eigenvalue weighted by Crippen LogP contribution is 2.19. The van der Waals surface area contributed by atoms with Gasteiger partial charge in [-0.3, -0.25) is 29.2 Å². The van der Waals surface area contributed by atoms with Crippen LogP contribution in [0.15, 0.2) is 40.4 Å². The van der Waals surface area contributed by atoms with Gasteiger partial charge in [0.05, 0.1) is 6.04 Å². The second-order valence-electron chi connectivity index (χ2n) is 10.6. The van der Waals surface area contributed by atoms with Crippen molar-refractivity contribution in [1.29, 1.82) is 0 Å². The molecule has 4 atom stereocenters. The molecule has 0 bridgehead atoms. The Labute approximate surface area is 265 Å². The monoisotopic (exact) mass is 644 g/mol. The number of primary amides is 1. The Morgan fingerprint density at radius 3 is 1.80 bits per heavy atom. The highest BCUT2D eigenvalue weighted by atomic mass is 16.4. The van der Waals surface area contributed by atoms with Crippen LogP contribution in [-0.2, 0) is 30.4 Å². The van der Waals surface area contributed by atoms with Gasteiger partial charge in [-0.1, -0.05) is 18.2 Å². The summed E-state index contributed by atoms with van der Waals surface area (Å²) in [7, 11) is 0. The molecule has 1 heterocycles. The Morgan fingerprint density at radius 1 is 0.761 bits per heavy atom. The number of aromatic amines is 1. The van der Waals surface area contributed by atoms with E-state index >= 15 is 0 Å². The predicted octanol–water partition coefficient (Wildman–Crippen LogP) is -3.05. The van der Waals surface area contributed by atoms with Gasteiger partial charge in [0.1, 0.15) is 18.1 Å². The van der Waals surface area contributed by atoms with Crippen LogP contribution in [0.5, 0.6) is 0 Å². The molecule has 2 aromatic rings. The van der Waals surface area contributed by atoms with Crippen LogP contribution in [0.1, 0.15) is 44.1 Å². The standard InChI is InChI=1S/C28H44N12O6/c29-17(9-10-22(30)41)23(42)38-19(7-3-11-35-27(31)32)24(43)39-20(8-4-12-36-28(33)34)25(44)40-21(26(45)46)13-15-14-37-18-6-2-1-5-16(15)18/h1-2,5-6,14,17,19-21,37H,3-4,7-13,29H2,(H2,30,41)(H,38,42)(H,39,43)(H,40,44)(H,45,46)(H4,31,32,35)(H4,33,34,36). The van der Waals surface area contributed by atoms with Gasteiger partial charge in [-0.15, -0.1) is 0 Å². The number of hydrogen-bond donors (Lipinski definition) is 11. The predicted molar refractivity (Wildman–Crippen MR) is 172 cm³/mol. The summed E-state index contributed by atoms with van der Waals surface area (Å²) in [5.41, 5.74) is 34.0. The number of nitrogens with zero attached hydrogens (tertiary/aromatic N) is 2. The Hall–Kier alpha value is -5.39. The molecule has 1 aromatic carbocycles. The van der Waals surface area contributed by atoms with Crippen molar-refractivity contribution in [3.05, 3.63) is 36.0 Å². The Bertz CT molecular complexity index is 1420. The van der Waals surface area contributed by atoms with Crippen LogP contribution in [-0.4, -0.2) is 88.9 Å². The molecule has 0 aliphatic heterocycles. The summed E-state index contributed by atoms with van der Waals surface area (Å²) in [5.74, 6) is -4.48. The number of carbonyl (C=O) groups excluding carboxylic acids is 4. The number of para-hydroxylation sites is 1. The lowest BCUT2D eigenvalue weighted by Gasteiger charge is -2.25. The summed E-state index contributed by atoms with van der Waals surface area (Å²) in [6, 6.07) is 2.43. The molecule has 0 spiro atoms. The molecule has 2 rings (SSSR count). The number of carbonyl (C=O) groups is 5. The van der Waals surface area contributed by atoms with Crippen molar-refractivity contribution < 1.29 is 29.1 Å². The smallest absolute Gasteiger partial charge is 0.326 e. The minimum absolute atomic E-state index is 0.0283. The Kier molecular flexibility index (Phi) is 14.7. The summed E-state index contributed by atoms with van der Waals surface area (Å²) < 4.78 is 0. The van der Waals surface area contributed by atoms with E-state index in [9.17, 15) is 29.1 Å². The lowest BCUT2D eigenvalue weighted by molar-refractivity contribution is -0.142. The third-order valence-corrected chi connectivity index (χ3v) is 6.91. The van der Waals surface area contributed by atoms with E-state index in [0.29, 0.717) is 5.56 Å². The van der Waals surface area contributed by atoms with Crippen molar-refractivity contribution in [3.63, 3.8) is 0 Å². The van der Waals surface area contributed by atoms with Crippen molar-refractivity contribution in [1.82, 2.24) is 20.9 Å². The van der Waals surface area contributed by atoms with E-state index in [2.05, 4.69) is 30.9 Å². The number of aliphatic carboxylic acids is 1. The normalized spacial score (nSPS) is 13.4.